The smallest absolute Gasteiger partial charge is 0.357 e. The van der Waals surface area contributed by atoms with Crippen LogP contribution in [0.15, 0.2) is 35.7 Å². The first-order chi connectivity index (χ1) is 13.4. The van der Waals surface area contributed by atoms with Gasteiger partial charge in [-0.3, -0.25) is 9.36 Å². The van der Waals surface area contributed by atoms with Crippen molar-refractivity contribution < 1.29 is 14.3 Å². The summed E-state index contributed by atoms with van der Waals surface area (Å²) in [5.41, 5.74) is 3.28. The third-order valence-electron chi connectivity index (χ3n) is 3.90. The molecule has 0 spiro atoms. The number of rotatable bonds is 6. The zero-order valence-corrected chi connectivity index (χ0v) is 17.1. The predicted octanol–water partition coefficient (Wildman–Crippen LogP) is 4.43. The zero-order valence-electron chi connectivity index (χ0n) is 15.6. The van der Waals surface area contributed by atoms with Gasteiger partial charge in [0.25, 0.3) is 0 Å². The second-order valence-electron chi connectivity index (χ2n) is 5.80. The van der Waals surface area contributed by atoms with Gasteiger partial charge >= 0.3 is 5.97 Å². The quantitative estimate of drug-likeness (QED) is 0.578. The molecule has 2 aromatic heterocycles. The van der Waals surface area contributed by atoms with Gasteiger partial charge in [0, 0.05) is 30.6 Å². The van der Waals surface area contributed by atoms with Crippen LogP contribution in [-0.4, -0.2) is 35.1 Å². The number of aromatic nitrogens is 2. The van der Waals surface area contributed by atoms with Gasteiger partial charge < -0.3 is 15.4 Å². The van der Waals surface area contributed by atoms with Crippen LogP contribution in [0.2, 0.25) is 5.15 Å². The van der Waals surface area contributed by atoms with E-state index in [9.17, 15) is 9.59 Å². The molecule has 7 nitrogen and oxygen atoms in total. The monoisotopic (exact) mass is 418 g/mol. The number of benzene rings is 1. The van der Waals surface area contributed by atoms with Crippen LogP contribution in [0.5, 0.6) is 0 Å². The molecule has 28 heavy (non-hydrogen) atoms. The van der Waals surface area contributed by atoms with E-state index in [0.29, 0.717) is 21.7 Å². The molecule has 1 aromatic carbocycles. The minimum absolute atomic E-state index is 0.162. The molecule has 0 aliphatic heterocycles. The molecule has 9 heteroatoms. The number of carbonyl (C=O) groups excluding carboxylic acids is 2. The van der Waals surface area contributed by atoms with Crippen molar-refractivity contribution >= 4 is 45.6 Å². The van der Waals surface area contributed by atoms with Gasteiger partial charge in [-0.25, -0.2) is 9.78 Å². The summed E-state index contributed by atoms with van der Waals surface area (Å²) in [5.74, 6) is -0.618. The molecule has 1 amide bonds. The molecular formula is C19H19ClN4O3S. The summed E-state index contributed by atoms with van der Waals surface area (Å²) in [5, 5.41) is 8.44. The van der Waals surface area contributed by atoms with Crippen LogP contribution in [0.4, 0.5) is 10.8 Å². The van der Waals surface area contributed by atoms with E-state index in [1.807, 2.05) is 29.6 Å². The summed E-state index contributed by atoms with van der Waals surface area (Å²) in [6, 6.07) is 9.14. The first kappa shape index (κ1) is 19.9. The maximum absolute atomic E-state index is 12.4. The van der Waals surface area contributed by atoms with Crippen molar-refractivity contribution in [3.63, 3.8) is 0 Å². The van der Waals surface area contributed by atoms with E-state index in [1.165, 1.54) is 18.3 Å². The second kappa shape index (κ2) is 8.45. The van der Waals surface area contributed by atoms with E-state index in [2.05, 4.69) is 15.6 Å². The van der Waals surface area contributed by atoms with Crippen LogP contribution in [0.25, 0.3) is 16.9 Å². The average molecular weight is 419 g/mol. The van der Waals surface area contributed by atoms with Gasteiger partial charge in [-0.2, -0.15) is 0 Å². The first-order valence-corrected chi connectivity index (χ1v) is 9.80. The van der Waals surface area contributed by atoms with Gasteiger partial charge in [0.15, 0.2) is 10.8 Å². The SMILES string of the molecule is CCOC(=O)c1c(NC)cc(Cl)n1-c1ccc(-c2csc(NC(C)=O)n2)cc1. The number of nitrogens with zero attached hydrogens (tertiary/aromatic N) is 2. The first-order valence-electron chi connectivity index (χ1n) is 8.54. The highest BCUT2D eigenvalue weighted by Gasteiger charge is 2.22. The Kier molecular flexibility index (Phi) is 6.01. The number of esters is 1. The number of carbonyl (C=O) groups is 2. The number of amides is 1. The van der Waals surface area contributed by atoms with E-state index in [1.54, 1.807) is 24.6 Å². The van der Waals surface area contributed by atoms with Crippen molar-refractivity contribution in [1.29, 1.82) is 0 Å². The lowest BCUT2D eigenvalue weighted by molar-refractivity contribution is -0.114. The molecule has 0 fully saturated rings. The van der Waals surface area contributed by atoms with Crippen molar-refractivity contribution in [3.05, 3.63) is 46.6 Å². The minimum atomic E-state index is -0.456. The van der Waals surface area contributed by atoms with Crippen molar-refractivity contribution in [2.24, 2.45) is 0 Å². The number of thiazole rings is 1. The van der Waals surface area contributed by atoms with E-state index in [4.69, 9.17) is 16.3 Å². The fourth-order valence-corrected chi connectivity index (χ4v) is 3.78. The largest absolute Gasteiger partial charge is 0.461 e. The summed E-state index contributed by atoms with van der Waals surface area (Å²) in [4.78, 5) is 28.0. The van der Waals surface area contributed by atoms with Crippen LogP contribution >= 0.6 is 22.9 Å². The van der Waals surface area contributed by atoms with Crippen LogP contribution in [0.1, 0.15) is 24.3 Å². The van der Waals surface area contributed by atoms with E-state index in [0.717, 1.165) is 16.9 Å². The lowest BCUT2D eigenvalue weighted by atomic mass is 10.1. The van der Waals surface area contributed by atoms with Gasteiger partial charge in [-0.05, 0) is 25.1 Å². The molecule has 146 valence electrons. The molecule has 0 saturated heterocycles. The van der Waals surface area contributed by atoms with E-state index in [-0.39, 0.29) is 12.5 Å². The minimum Gasteiger partial charge on any atom is -0.461 e. The topological polar surface area (TPSA) is 85.2 Å². The zero-order chi connectivity index (χ0) is 20.3. The summed E-state index contributed by atoms with van der Waals surface area (Å²) >= 11 is 7.74. The molecule has 3 rings (SSSR count). The Labute approximate surface area is 171 Å². The Bertz CT molecular complexity index is 1010. The number of halogens is 1. The highest BCUT2D eigenvalue weighted by Crippen LogP contribution is 2.31. The molecule has 3 aromatic rings. The molecule has 0 saturated carbocycles. The summed E-state index contributed by atoms with van der Waals surface area (Å²) in [6.45, 7) is 3.46. The summed E-state index contributed by atoms with van der Waals surface area (Å²) < 4.78 is 6.81. The number of nitrogens with one attached hydrogen (secondary N) is 2. The molecule has 0 bridgehead atoms. The van der Waals surface area contributed by atoms with Crippen molar-refractivity contribution in [2.45, 2.75) is 13.8 Å². The molecule has 0 unspecified atom stereocenters. The molecular weight excluding hydrogens is 400 g/mol. The third kappa shape index (κ3) is 4.02. The summed E-state index contributed by atoms with van der Waals surface area (Å²) in [6.07, 6.45) is 0. The lowest BCUT2D eigenvalue weighted by Crippen LogP contribution is -2.13. The molecule has 2 N–H and O–H groups in total. The molecule has 0 aliphatic carbocycles. The standard InChI is InChI=1S/C19H19ClN4O3S/c1-4-27-18(26)17-14(21-3)9-16(20)24(17)13-7-5-12(6-8-13)15-10-28-19(23-15)22-11(2)25/h5-10,21H,4H2,1-3H3,(H,22,23,25). The molecule has 0 radical (unpaired) electrons. The van der Waals surface area contributed by atoms with Gasteiger partial charge in [0.05, 0.1) is 18.0 Å². The van der Waals surface area contributed by atoms with Crippen LogP contribution in [0, 0.1) is 0 Å². The molecule has 0 aliphatic rings. The Morgan fingerprint density at radius 3 is 2.61 bits per heavy atom. The van der Waals surface area contributed by atoms with E-state index < -0.39 is 5.97 Å². The van der Waals surface area contributed by atoms with Crippen molar-refractivity contribution in [2.75, 3.05) is 24.3 Å². The van der Waals surface area contributed by atoms with Crippen LogP contribution in [-0.2, 0) is 9.53 Å². The average Bonchev–Trinajstić information content (AvgIpc) is 3.25. The molecule has 2 heterocycles. The molecule has 0 atom stereocenters. The lowest BCUT2D eigenvalue weighted by Gasteiger charge is -2.12. The van der Waals surface area contributed by atoms with Crippen molar-refractivity contribution in [1.82, 2.24) is 9.55 Å². The Morgan fingerprint density at radius 1 is 1.29 bits per heavy atom. The second-order valence-corrected chi connectivity index (χ2v) is 7.05. The maximum Gasteiger partial charge on any atom is 0.357 e. The highest BCUT2D eigenvalue weighted by atomic mass is 35.5. The number of anilines is 2. The number of ether oxygens (including phenoxy) is 1. The summed E-state index contributed by atoms with van der Waals surface area (Å²) in [7, 11) is 1.72. The Hall–Kier alpha value is -2.84. The maximum atomic E-state index is 12.4. The van der Waals surface area contributed by atoms with Crippen molar-refractivity contribution in [3.8, 4) is 16.9 Å². The van der Waals surface area contributed by atoms with Crippen LogP contribution in [0.3, 0.4) is 0 Å². The fourth-order valence-electron chi connectivity index (χ4n) is 2.72. The van der Waals surface area contributed by atoms with Crippen LogP contribution < -0.4 is 10.6 Å². The van der Waals surface area contributed by atoms with Gasteiger partial charge in [-0.1, -0.05) is 23.7 Å². The normalized spacial score (nSPS) is 10.6. The van der Waals surface area contributed by atoms with Gasteiger partial charge in [0.2, 0.25) is 5.91 Å². The number of hydrogen-bond donors (Lipinski definition) is 2. The predicted molar refractivity (Wildman–Crippen MR) is 112 cm³/mol. The van der Waals surface area contributed by atoms with Gasteiger partial charge in [0.1, 0.15) is 5.15 Å². The fraction of sp³-hybridized carbons (Fsp3) is 0.211. The highest BCUT2D eigenvalue weighted by molar-refractivity contribution is 7.14. The number of hydrogen-bond acceptors (Lipinski definition) is 6. The Morgan fingerprint density at radius 2 is 2.00 bits per heavy atom. The van der Waals surface area contributed by atoms with Gasteiger partial charge in [-0.15, -0.1) is 11.3 Å². The Balaban J connectivity index is 1.96. The third-order valence-corrected chi connectivity index (χ3v) is 4.94. The van der Waals surface area contributed by atoms with E-state index >= 15 is 0 Å².